The van der Waals surface area contributed by atoms with Gasteiger partial charge in [0.25, 0.3) is 5.56 Å². The van der Waals surface area contributed by atoms with Crippen LogP contribution in [0.1, 0.15) is 55.0 Å². The van der Waals surface area contributed by atoms with E-state index in [9.17, 15) is 4.79 Å². The molecule has 2 aromatic rings. The molecule has 0 atom stereocenters. The topological polar surface area (TPSA) is 65.4 Å². The van der Waals surface area contributed by atoms with Crippen molar-refractivity contribution >= 4 is 0 Å². The minimum absolute atomic E-state index is 0.0772. The summed E-state index contributed by atoms with van der Waals surface area (Å²) < 4.78 is 13.0. The lowest BCUT2D eigenvalue weighted by molar-refractivity contribution is 0.171. The van der Waals surface area contributed by atoms with Gasteiger partial charge in [-0.3, -0.25) is 4.79 Å². The van der Waals surface area contributed by atoms with Gasteiger partial charge in [-0.1, -0.05) is 6.07 Å². The average Bonchev–Trinajstić information content (AvgIpc) is 3.19. The number of ether oxygens (including phenoxy) is 2. The maximum absolute atomic E-state index is 12.5. The van der Waals surface area contributed by atoms with Gasteiger partial charge in [0, 0.05) is 18.7 Å². The number of aromatic nitrogens is 2. The van der Waals surface area contributed by atoms with E-state index in [0.717, 1.165) is 74.2 Å². The van der Waals surface area contributed by atoms with E-state index >= 15 is 0 Å². The fourth-order valence-electron chi connectivity index (χ4n) is 4.66. The molecule has 2 aliphatic carbocycles. The van der Waals surface area contributed by atoms with Gasteiger partial charge in [-0.2, -0.15) is 5.10 Å². The number of hydrogen-bond donors (Lipinski definition) is 1. The molecular weight excluding hydrogens is 354 g/mol. The summed E-state index contributed by atoms with van der Waals surface area (Å²) in [6.07, 6.45) is 7.30. The van der Waals surface area contributed by atoms with Gasteiger partial charge >= 0.3 is 0 Å². The van der Waals surface area contributed by atoms with Crippen LogP contribution < -0.4 is 20.3 Å². The van der Waals surface area contributed by atoms with Crippen LogP contribution in [0.25, 0.3) is 0 Å². The normalized spacial score (nSPS) is 23.4. The molecule has 1 aromatic carbocycles. The van der Waals surface area contributed by atoms with Crippen molar-refractivity contribution in [1.82, 2.24) is 15.1 Å². The summed E-state index contributed by atoms with van der Waals surface area (Å²) in [6.45, 7) is 2.06. The lowest BCUT2D eigenvalue weighted by atomic mass is 9.91. The van der Waals surface area contributed by atoms with Crippen molar-refractivity contribution in [3.63, 3.8) is 0 Å². The SMILES string of the molecule is O=c1cc2c(nn1C1CCC(NCc3ccc4c(c3)OCCO4)CC1)CCC2. The molecule has 1 aromatic heterocycles. The molecule has 6 heteroatoms. The van der Waals surface area contributed by atoms with Gasteiger partial charge in [0.15, 0.2) is 11.5 Å². The van der Waals surface area contributed by atoms with Crippen molar-refractivity contribution in [2.24, 2.45) is 0 Å². The number of hydrogen-bond acceptors (Lipinski definition) is 5. The standard InChI is InChI=1S/C22H27N3O3/c26-22-13-16-2-1-3-19(16)24-25(22)18-7-5-17(6-8-18)23-14-15-4-9-20-21(12-15)28-11-10-27-20/h4,9,12-13,17-18,23H,1-3,5-8,10-11,14H2. The number of aryl methyl sites for hydroxylation is 2. The summed E-state index contributed by atoms with van der Waals surface area (Å²) in [5.74, 6) is 1.68. The van der Waals surface area contributed by atoms with Crippen molar-refractivity contribution in [3.8, 4) is 11.5 Å². The molecule has 0 spiro atoms. The first-order chi connectivity index (χ1) is 13.8. The first-order valence-corrected chi connectivity index (χ1v) is 10.5. The van der Waals surface area contributed by atoms with E-state index in [1.165, 1.54) is 5.56 Å². The molecular formula is C22H27N3O3. The summed E-state index contributed by atoms with van der Waals surface area (Å²) in [5, 5.41) is 8.36. The smallest absolute Gasteiger partial charge is 0.267 e. The number of fused-ring (bicyclic) bond motifs is 2. The molecule has 2 heterocycles. The second kappa shape index (κ2) is 7.59. The molecule has 0 bridgehead atoms. The molecule has 1 aliphatic heterocycles. The van der Waals surface area contributed by atoms with Gasteiger partial charge in [0.05, 0.1) is 11.7 Å². The zero-order valence-electron chi connectivity index (χ0n) is 16.2. The van der Waals surface area contributed by atoms with Crippen LogP contribution in [-0.4, -0.2) is 29.0 Å². The highest BCUT2D eigenvalue weighted by Gasteiger charge is 2.25. The maximum atomic E-state index is 12.5. The molecule has 0 unspecified atom stereocenters. The first kappa shape index (κ1) is 17.7. The Labute approximate surface area is 164 Å². The van der Waals surface area contributed by atoms with E-state index in [4.69, 9.17) is 14.6 Å². The number of nitrogens with one attached hydrogen (secondary N) is 1. The van der Waals surface area contributed by atoms with E-state index < -0.39 is 0 Å². The van der Waals surface area contributed by atoms with Gasteiger partial charge in [0.1, 0.15) is 13.2 Å². The summed E-state index contributed by atoms with van der Waals surface area (Å²) in [5.41, 5.74) is 3.59. The molecule has 3 aliphatic rings. The molecule has 28 heavy (non-hydrogen) atoms. The average molecular weight is 381 g/mol. The second-order valence-electron chi connectivity index (χ2n) is 8.12. The van der Waals surface area contributed by atoms with Crippen molar-refractivity contribution in [2.45, 2.75) is 63.6 Å². The number of rotatable bonds is 4. The zero-order valence-corrected chi connectivity index (χ0v) is 16.2. The Morgan fingerprint density at radius 1 is 1.04 bits per heavy atom. The fraction of sp³-hybridized carbons (Fsp3) is 0.545. The molecule has 1 saturated carbocycles. The Morgan fingerprint density at radius 3 is 2.71 bits per heavy atom. The van der Waals surface area contributed by atoms with Crippen LogP contribution in [0, 0.1) is 0 Å². The Bertz CT molecular complexity index is 916. The van der Waals surface area contributed by atoms with E-state index in [0.29, 0.717) is 19.3 Å². The van der Waals surface area contributed by atoms with Crippen molar-refractivity contribution in [3.05, 3.63) is 51.4 Å². The van der Waals surface area contributed by atoms with Crippen molar-refractivity contribution in [1.29, 1.82) is 0 Å². The van der Waals surface area contributed by atoms with Crippen LogP contribution in [0.4, 0.5) is 0 Å². The van der Waals surface area contributed by atoms with E-state index in [-0.39, 0.29) is 11.6 Å². The summed E-state index contributed by atoms with van der Waals surface area (Å²) in [6, 6.07) is 8.71. The van der Waals surface area contributed by atoms with Crippen LogP contribution in [0.15, 0.2) is 29.1 Å². The van der Waals surface area contributed by atoms with Gasteiger partial charge in [0.2, 0.25) is 0 Å². The third kappa shape index (κ3) is 3.53. The summed E-state index contributed by atoms with van der Waals surface area (Å²) >= 11 is 0. The van der Waals surface area contributed by atoms with Crippen LogP contribution in [-0.2, 0) is 19.4 Å². The van der Waals surface area contributed by atoms with Crippen LogP contribution >= 0.6 is 0 Å². The first-order valence-electron chi connectivity index (χ1n) is 10.5. The van der Waals surface area contributed by atoms with E-state index in [1.807, 2.05) is 12.1 Å². The molecule has 0 saturated heterocycles. The minimum atomic E-state index is 0.0772. The van der Waals surface area contributed by atoms with Gasteiger partial charge < -0.3 is 14.8 Å². The highest BCUT2D eigenvalue weighted by Crippen LogP contribution is 2.31. The van der Waals surface area contributed by atoms with Gasteiger partial charge in [-0.05, 0) is 68.2 Å². The molecule has 1 fully saturated rings. The van der Waals surface area contributed by atoms with Gasteiger partial charge in [-0.15, -0.1) is 0 Å². The monoisotopic (exact) mass is 381 g/mol. The van der Waals surface area contributed by atoms with Crippen molar-refractivity contribution < 1.29 is 9.47 Å². The summed E-state index contributed by atoms with van der Waals surface area (Å²) in [7, 11) is 0. The molecule has 6 nitrogen and oxygen atoms in total. The fourth-order valence-corrected chi connectivity index (χ4v) is 4.66. The third-order valence-corrected chi connectivity index (χ3v) is 6.23. The van der Waals surface area contributed by atoms with E-state index in [2.05, 4.69) is 17.4 Å². The highest BCUT2D eigenvalue weighted by molar-refractivity contribution is 5.43. The zero-order chi connectivity index (χ0) is 18.9. The lowest BCUT2D eigenvalue weighted by Gasteiger charge is -2.30. The third-order valence-electron chi connectivity index (χ3n) is 6.23. The Kier molecular flexibility index (Phi) is 4.81. The van der Waals surface area contributed by atoms with Crippen LogP contribution in [0.2, 0.25) is 0 Å². The molecule has 0 amide bonds. The Balaban J connectivity index is 1.17. The minimum Gasteiger partial charge on any atom is -0.486 e. The predicted octanol–water partition coefficient (Wildman–Crippen LogP) is 2.78. The van der Waals surface area contributed by atoms with Crippen molar-refractivity contribution in [2.75, 3.05) is 13.2 Å². The highest BCUT2D eigenvalue weighted by atomic mass is 16.6. The Morgan fingerprint density at radius 2 is 1.86 bits per heavy atom. The van der Waals surface area contributed by atoms with E-state index in [1.54, 1.807) is 4.68 Å². The van der Waals surface area contributed by atoms with Gasteiger partial charge in [-0.25, -0.2) is 4.68 Å². The summed E-state index contributed by atoms with van der Waals surface area (Å²) in [4.78, 5) is 12.5. The maximum Gasteiger partial charge on any atom is 0.267 e. The molecule has 5 rings (SSSR count). The van der Waals surface area contributed by atoms with Crippen LogP contribution in [0.5, 0.6) is 11.5 Å². The molecule has 1 N–H and O–H groups in total. The number of benzene rings is 1. The predicted molar refractivity (Wildman–Crippen MR) is 106 cm³/mol. The van der Waals surface area contributed by atoms with Crippen LogP contribution in [0.3, 0.4) is 0 Å². The molecule has 0 radical (unpaired) electrons. The number of nitrogens with zero attached hydrogens (tertiary/aromatic N) is 2. The lowest BCUT2D eigenvalue weighted by Crippen LogP contribution is -2.36. The quantitative estimate of drug-likeness (QED) is 0.882. The molecule has 148 valence electrons. The largest absolute Gasteiger partial charge is 0.486 e. The Hall–Kier alpha value is -2.34. The second-order valence-corrected chi connectivity index (χ2v) is 8.12.